The minimum atomic E-state index is -0.898. The fourth-order valence-corrected chi connectivity index (χ4v) is 4.25. The van der Waals surface area contributed by atoms with Crippen molar-refractivity contribution in [2.45, 2.75) is 62.5 Å². The van der Waals surface area contributed by atoms with Crippen LogP contribution in [0.4, 0.5) is 0 Å². The highest BCUT2D eigenvalue weighted by atomic mass is 32.2. The van der Waals surface area contributed by atoms with E-state index >= 15 is 0 Å². The number of benzene rings is 1. The van der Waals surface area contributed by atoms with Crippen molar-refractivity contribution in [3.05, 3.63) is 30.5 Å². The summed E-state index contributed by atoms with van der Waals surface area (Å²) in [6.45, 7) is 7.46. The number of nitrogens with one attached hydrogen (secondary N) is 2. The zero-order valence-corrected chi connectivity index (χ0v) is 18.5. The van der Waals surface area contributed by atoms with Crippen LogP contribution in [0.25, 0.3) is 22.3 Å². The molecule has 0 saturated heterocycles. The zero-order chi connectivity index (χ0) is 21.5. The van der Waals surface area contributed by atoms with Crippen LogP contribution >= 0.6 is 11.8 Å². The maximum absolute atomic E-state index is 12.8. The molecule has 3 aromatic rings. The Bertz CT molecular complexity index is 1120. The number of carbonyl (C=O) groups excluding carboxylic acids is 1. The summed E-state index contributed by atoms with van der Waals surface area (Å²) in [5, 5.41) is 22.8. The fraction of sp³-hybridized carbons (Fsp3) is 0.455. The third kappa shape index (κ3) is 3.70. The summed E-state index contributed by atoms with van der Waals surface area (Å²) >= 11 is 1.39. The summed E-state index contributed by atoms with van der Waals surface area (Å²) in [4.78, 5) is 16.1. The summed E-state index contributed by atoms with van der Waals surface area (Å²) in [6, 6.07) is 10.7. The molecule has 0 bridgehead atoms. The van der Waals surface area contributed by atoms with Gasteiger partial charge in [-0.25, -0.2) is 0 Å². The fourth-order valence-electron chi connectivity index (χ4n) is 3.33. The largest absolute Gasteiger partial charge is 0.360 e. The number of para-hydroxylation sites is 1. The van der Waals surface area contributed by atoms with E-state index in [1.54, 1.807) is 6.92 Å². The second-order valence-corrected chi connectivity index (χ2v) is 9.68. The van der Waals surface area contributed by atoms with Crippen LogP contribution in [-0.4, -0.2) is 36.4 Å². The monoisotopic (exact) mass is 422 g/mol. The maximum atomic E-state index is 12.8. The first kappa shape index (κ1) is 20.5. The Kier molecular flexibility index (Phi) is 5.33. The van der Waals surface area contributed by atoms with E-state index in [0.29, 0.717) is 6.04 Å². The van der Waals surface area contributed by atoms with Gasteiger partial charge in [-0.1, -0.05) is 43.8 Å². The van der Waals surface area contributed by atoms with Crippen LogP contribution < -0.4 is 5.32 Å². The summed E-state index contributed by atoms with van der Waals surface area (Å²) in [7, 11) is 0. The van der Waals surface area contributed by atoms with Gasteiger partial charge in [-0.3, -0.25) is 9.36 Å². The summed E-state index contributed by atoms with van der Waals surface area (Å²) in [6.07, 6.45) is 4.14. The quantitative estimate of drug-likeness (QED) is 0.553. The molecule has 0 aliphatic heterocycles. The molecule has 1 aromatic carbocycles. The van der Waals surface area contributed by atoms with Crippen LogP contribution in [0.5, 0.6) is 0 Å². The van der Waals surface area contributed by atoms with Crippen LogP contribution in [0.15, 0.2) is 35.6 Å². The first-order valence-electron chi connectivity index (χ1n) is 10.3. The molecule has 2 heterocycles. The van der Waals surface area contributed by atoms with Gasteiger partial charge in [0.05, 0.1) is 11.3 Å². The Balaban J connectivity index is 1.60. The lowest BCUT2D eigenvalue weighted by atomic mass is 9.90. The molecule has 2 N–H and O–H groups in total. The normalized spacial score (nSPS) is 16.9. The average molecular weight is 423 g/mol. The lowest BCUT2D eigenvalue weighted by Crippen LogP contribution is -2.51. The molecule has 1 saturated carbocycles. The summed E-state index contributed by atoms with van der Waals surface area (Å²) < 4.78 is 2.16. The molecule has 2 atom stereocenters. The number of hydrogen-bond donors (Lipinski definition) is 2. The van der Waals surface area contributed by atoms with Crippen molar-refractivity contribution < 1.29 is 4.79 Å². The van der Waals surface area contributed by atoms with E-state index in [1.807, 2.05) is 45.2 Å². The van der Waals surface area contributed by atoms with E-state index in [-0.39, 0.29) is 11.8 Å². The van der Waals surface area contributed by atoms with E-state index in [0.717, 1.165) is 40.3 Å². The summed E-state index contributed by atoms with van der Waals surface area (Å²) in [5.41, 5.74) is 1.18. The number of nitriles is 1. The third-order valence-electron chi connectivity index (χ3n) is 5.83. The van der Waals surface area contributed by atoms with Gasteiger partial charge in [-0.15, -0.1) is 10.2 Å². The van der Waals surface area contributed by atoms with Crippen molar-refractivity contribution in [1.29, 1.82) is 5.26 Å². The van der Waals surface area contributed by atoms with Gasteiger partial charge in [0, 0.05) is 28.7 Å². The second kappa shape index (κ2) is 7.80. The standard InChI is InChI=1S/C22H26N6OS/c1-13(2)22(4,12-23)25-20(29)14(3)30-21-27-26-19(28(21)15-9-10-15)17-11-24-18-8-6-5-7-16(17)18/h5-8,11,13-15,24H,9-10H2,1-4H3,(H,25,29)/t14-,22-/m1/s1. The highest BCUT2D eigenvalue weighted by Crippen LogP contribution is 2.42. The van der Waals surface area contributed by atoms with Gasteiger partial charge < -0.3 is 10.3 Å². The lowest BCUT2D eigenvalue weighted by Gasteiger charge is -2.28. The van der Waals surface area contributed by atoms with Crippen LogP contribution in [0.3, 0.4) is 0 Å². The molecule has 4 rings (SSSR count). The van der Waals surface area contributed by atoms with Crippen molar-refractivity contribution in [1.82, 2.24) is 25.1 Å². The number of thioether (sulfide) groups is 1. The van der Waals surface area contributed by atoms with Crippen molar-refractivity contribution >= 4 is 28.6 Å². The second-order valence-electron chi connectivity index (χ2n) is 8.37. The molecule has 1 amide bonds. The number of carbonyl (C=O) groups is 1. The molecule has 8 heteroatoms. The van der Waals surface area contributed by atoms with Crippen LogP contribution in [-0.2, 0) is 4.79 Å². The van der Waals surface area contributed by atoms with E-state index in [9.17, 15) is 10.1 Å². The molecular weight excluding hydrogens is 396 g/mol. The van der Waals surface area contributed by atoms with Gasteiger partial charge in [-0.2, -0.15) is 5.26 Å². The van der Waals surface area contributed by atoms with Gasteiger partial charge in [-0.05, 0) is 38.7 Å². The number of hydrogen-bond acceptors (Lipinski definition) is 5. The van der Waals surface area contributed by atoms with Crippen molar-refractivity contribution in [2.75, 3.05) is 0 Å². The zero-order valence-electron chi connectivity index (χ0n) is 17.6. The Morgan fingerprint density at radius 3 is 2.73 bits per heavy atom. The van der Waals surface area contributed by atoms with Crippen LogP contribution in [0.2, 0.25) is 0 Å². The molecule has 1 aliphatic carbocycles. The molecule has 0 unspecified atom stereocenters. The number of aromatic nitrogens is 4. The van der Waals surface area contributed by atoms with Crippen LogP contribution in [0, 0.1) is 17.2 Å². The first-order valence-corrected chi connectivity index (χ1v) is 11.1. The number of nitrogens with zero attached hydrogens (tertiary/aromatic N) is 4. The topological polar surface area (TPSA) is 99.4 Å². The van der Waals surface area contributed by atoms with Crippen molar-refractivity contribution in [3.8, 4) is 17.5 Å². The molecule has 30 heavy (non-hydrogen) atoms. The molecular formula is C22H26N6OS. The van der Waals surface area contributed by atoms with Gasteiger partial charge in [0.2, 0.25) is 5.91 Å². The Hall–Kier alpha value is -2.79. The number of rotatable bonds is 7. The van der Waals surface area contributed by atoms with Crippen molar-refractivity contribution in [3.63, 3.8) is 0 Å². The average Bonchev–Trinajstić information content (AvgIpc) is 3.35. The molecule has 0 spiro atoms. The Morgan fingerprint density at radius 1 is 1.33 bits per heavy atom. The van der Waals surface area contributed by atoms with Gasteiger partial charge >= 0.3 is 0 Å². The SMILES string of the molecule is CC(C)[C@@](C)(C#N)NC(=O)[C@@H](C)Sc1nnc(-c2c[nH]c3ccccc23)n1C1CC1. The first-order chi connectivity index (χ1) is 14.3. The number of amides is 1. The molecule has 1 aliphatic rings. The lowest BCUT2D eigenvalue weighted by molar-refractivity contribution is -0.121. The van der Waals surface area contributed by atoms with E-state index < -0.39 is 10.8 Å². The van der Waals surface area contributed by atoms with Gasteiger partial charge in [0.25, 0.3) is 0 Å². The molecule has 2 aromatic heterocycles. The highest BCUT2D eigenvalue weighted by molar-refractivity contribution is 8.00. The number of H-pyrrole nitrogens is 1. The predicted octanol–water partition coefficient (Wildman–Crippen LogP) is 4.30. The molecule has 156 valence electrons. The van der Waals surface area contributed by atoms with E-state index in [4.69, 9.17) is 0 Å². The van der Waals surface area contributed by atoms with Gasteiger partial charge in [0.1, 0.15) is 5.54 Å². The summed E-state index contributed by atoms with van der Waals surface area (Å²) in [5.74, 6) is 0.665. The maximum Gasteiger partial charge on any atom is 0.234 e. The van der Waals surface area contributed by atoms with Crippen molar-refractivity contribution in [2.24, 2.45) is 5.92 Å². The van der Waals surface area contributed by atoms with Gasteiger partial charge in [0.15, 0.2) is 11.0 Å². The number of aromatic amines is 1. The Labute approximate surface area is 180 Å². The smallest absolute Gasteiger partial charge is 0.234 e. The predicted molar refractivity (Wildman–Crippen MR) is 118 cm³/mol. The minimum Gasteiger partial charge on any atom is -0.360 e. The van der Waals surface area contributed by atoms with E-state index in [2.05, 4.69) is 37.2 Å². The number of fused-ring (bicyclic) bond motifs is 1. The highest BCUT2D eigenvalue weighted by Gasteiger charge is 2.34. The minimum absolute atomic E-state index is 0.00671. The molecule has 1 fully saturated rings. The molecule has 0 radical (unpaired) electrons. The van der Waals surface area contributed by atoms with Crippen LogP contribution in [0.1, 0.15) is 46.6 Å². The van der Waals surface area contributed by atoms with E-state index in [1.165, 1.54) is 11.8 Å². The Morgan fingerprint density at radius 2 is 2.07 bits per heavy atom. The molecule has 7 nitrogen and oxygen atoms in total. The third-order valence-corrected chi connectivity index (χ3v) is 6.88.